The lowest BCUT2D eigenvalue weighted by Crippen LogP contribution is -2.36. The molecule has 2 aliphatic heterocycles. The molecule has 0 aliphatic carbocycles. The molecular weight excluding hydrogens is 476 g/mol. The van der Waals surface area contributed by atoms with Gasteiger partial charge in [0.15, 0.2) is 0 Å². The quantitative estimate of drug-likeness (QED) is 0.290. The van der Waals surface area contributed by atoms with Gasteiger partial charge in [-0.25, -0.2) is 0 Å². The van der Waals surface area contributed by atoms with Crippen molar-refractivity contribution in [3.63, 3.8) is 0 Å². The van der Waals surface area contributed by atoms with Crippen molar-refractivity contribution < 1.29 is 33.4 Å². The van der Waals surface area contributed by atoms with Crippen LogP contribution in [0.25, 0.3) is 0 Å². The summed E-state index contributed by atoms with van der Waals surface area (Å²) in [5.41, 5.74) is 1.63. The van der Waals surface area contributed by atoms with Crippen molar-refractivity contribution >= 4 is 29.4 Å². The number of rotatable bonds is 7. The Morgan fingerprint density at radius 2 is 1.59 bits per heavy atom. The molecule has 1 atom stereocenters. The van der Waals surface area contributed by atoms with Crippen LogP contribution in [0.1, 0.15) is 50.8 Å². The van der Waals surface area contributed by atoms with Gasteiger partial charge in [0.1, 0.15) is 17.2 Å². The molecule has 0 radical (unpaired) electrons. The van der Waals surface area contributed by atoms with E-state index in [1.54, 1.807) is 66.7 Å². The Balaban J connectivity index is 1.21. The van der Waals surface area contributed by atoms with E-state index in [0.29, 0.717) is 46.2 Å². The third kappa shape index (κ3) is 5.36. The molecule has 1 N–H and O–H groups in total. The van der Waals surface area contributed by atoms with Crippen LogP contribution in [0.5, 0.6) is 17.2 Å². The number of esters is 1. The highest BCUT2D eigenvalue weighted by atomic mass is 16.5. The smallest absolute Gasteiger partial charge is 0.308 e. The molecule has 0 aromatic heterocycles. The van der Waals surface area contributed by atoms with E-state index in [9.17, 15) is 19.2 Å². The number of nitrogens with zero attached hydrogens (tertiary/aromatic N) is 1. The zero-order valence-corrected chi connectivity index (χ0v) is 20.1. The molecule has 0 spiro atoms. The summed E-state index contributed by atoms with van der Waals surface area (Å²) in [5, 5.41) is 2.79. The summed E-state index contributed by atoms with van der Waals surface area (Å²) in [7, 11) is 0. The lowest BCUT2D eigenvalue weighted by molar-refractivity contribution is -0.131. The minimum absolute atomic E-state index is 0.114. The molecule has 5 rings (SSSR count). The van der Waals surface area contributed by atoms with Gasteiger partial charge in [-0.3, -0.25) is 24.1 Å². The summed E-state index contributed by atoms with van der Waals surface area (Å²) in [6.45, 7) is 2.21. The van der Waals surface area contributed by atoms with Gasteiger partial charge < -0.3 is 19.5 Å². The van der Waals surface area contributed by atoms with Crippen molar-refractivity contribution in [1.29, 1.82) is 0 Å². The predicted octanol–water partition coefficient (Wildman–Crippen LogP) is 4.43. The second-order valence-electron chi connectivity index (χ2n) is 8.76. The lowest BCUT2D eigenvalue weighted by Gasteiger charge is -2.17. The Hall–Kier alpha value is -4.50. The van der Waals surface area contributed by atoms with Crippen molar-refractivity contribution in [2.24, 2.45) is 0 Å². The Labute approximate surface area is 212 Å². The molecule has 1 unspecified atom stereocenters. The highest BCUT2D eigenvalue weighted by Gasteiger charge is 2.37. The molecule has 1 fully saturated rings. The predicted molar refractivity (Wildman–Crippen MR) is 133 cm³/mol. The number of nitrogens with one attached hydrogen (secondary N) is 1. The monoisotopic (exact) mass is 500 g/mol. The van der Waals surface area contributed by atoms with Gasteiger partial charge in [0.05, 0.1) is 23.8 Å². The largest absolute Gasteiger partial charge is 0.457 e. The zero-order valence-electron chi connectivity index (χ0n) is 20.1. The topological polar surface area (TPSA) is 111 Å². The Morgan fingerprint density at radius 1 is 0.919 bits per heavy atom. The average Bonchev–Trinajstić information content (AvgIpc) is 3.48. The Bertz CT molecular complexity index is 1360. The molecule has 3 aromatic rings. The molecule has 9 nitrogen and oxygen atoms in total. The summed E-state index contributed by atoms with van der Waals surface area (Å²) in [5.74, 6) is -0.143. The van der Waals surface area contributed by atoms with Crippen molar-refractivity contribution in [2.75, 3.05) is 18.5 Å². The fourth-order valence-electron chi connectivity index (χ4n) is 4.28. The lowest BCUT2D eigenvalue weighted by atomic mass is 10.1. The zero-order chi connectivity index (χ0) is 25.9. The maximum atomic E-state index is 12.9. The van der Waals surface area contributed by atoms with Crippen molar-refractivity contribution in [3.05, 3.63) is 83.4 Å². The highest BCUT2D eigenvalue weighted by Crippen LogP contribution is 2.31. The first-order valence-electron chi connectivity index (χ1n) is 11.9. The highest BCUT2D eigenvalue weighted by molar-refractivity contribution is 6.21. The van der Waals surface area contributed by atoms with Crippen molar-refractivity contribution in [2.45, 2.75) is 25.9 Å². The van der Waals surface area contributed by atoms with Crippen LogP contribution in [0.15, 0.2) is 66.7 Å². The van der Waals surface area contributed by atoms with E-state index in [1.165, 1.54) is 11.8 Å². The molecule has 1 saturated heterocycles. The van der Waals surface area contributed by atoms with E-state index in [2.05, 4.69) is 5.32 Å². The number of ether oxygens (including phenoxy) is 3. The summed E-state index contributed by atoms with van der Waals surface area (Å²) in [6.07, 6.45) is 1.65. The molecule has 2 aliphatic rings. The molecule has 0 saturated carbocycles. The number of benzene rings is 3. The van der Waals surface area contributed by atoms with Gasteiger partial charge in [0.2, 0.25) is 0 Å². The summed E-state index contributed by atoms with van der Waals surface area (Å²) in [4.78, 5) is 50.3. The number of hydrogen-bond donors (Lipinski definition) is 1. The van der Waals surface area contributed by atoms with Crippen molar-refractivity contribution in [3.8, 4) is 17.2 Å². The molecular formula is C28H24N2O7. The third-order valence-electron chi connectivity index (χ3n) is 6.08. The number of carbonyl (C=O) groups is 4. The molecule has 37 heavy (non-hydrogen) atoms. The molecule has 2 heterocycles. The Kier molecular flexibility index (Phi) is 6.70. The van der Waals surface area contributed by atoms with E-state index < -0.39 is 5.97 Å². The second kappa shape index (κ2) is 10.2. The van der Waals surface area contributed by atoms with E-state index >= 15 is 0 Å². The van der Waals surface area contributed by atoms with Crippen LogP contribution in [-0.2, 0) is 9.53 Å². The van der Waals surface area contributed by atoms with Gasteiger partial charge in [-0.2, -0.15) is 0 Å². The fraction of sp³-hybridized carbons (Fsp3) is 0.214. The maximum absolute atomic E-state index is 12.9. The number of imide groups is 1. The second-order valence-corrected chi connectivity index (χ2v) is 8.76. The van der Waals surface area contributed by atoms with Crippen LogP contribution in [0.3, 0.4) is 0 Å². The first kappa shape index (κ1) is 24.2. The molecule has 3 aromatic carbocycles. The molecule has 188 valence electrons. The maximum Gasteiger partial charge on any atom is 0.308 e. The van der Waals surface area contributed by atoms with Crippen LogP contribution in [0.2, 0.25) is 0 Å². The van der Waals surface area contributed by atoms with Gasteiger partial charge in [0, 0.05) is 24.8 Å². The van der Waals surface area contributed by atoms with E-state index in [0.717, 1.165) is 12.8 Å². The number of amides is 3. The van der Waals surface area contributed by atoms with Gasteiger partial charge in [0.25, 0.3) is 17.7 Å². The Morgan fingerprint density at radius 3 is 2.27 bits per heavy atom. The number of anilines is 1. The molecule has 3 amide bonds. The summed E-state index contributed by atoms with van der Waals surface area (Å²) < 4.78 is 16.4. The molecule has 9 heteroatoms. The van der Waals surface area contributed by atoms with Gasteiger partial charge in [-0.05, 0) is 79.6 Å². The van der Waals surface area contributed by atoms with Crippen LogP contribution >= 0.6 is 0 Å². The van der Waals surface area contributed by atoms with Crippen molar-refractivity contribution in [1.82, 2.24) is 4.90 Å². The normalized spacial score (nSPS) is 16.5. The van der Waals surface area contributed by atoms with E-state index in [-0.39, 0.29) is 30.4 Å². The van der Waals surface area contributed by atoms with Gasteiger partial charge in [-0.15, -0.1) is 0 Å². The van der Waals surface area contributed by atoms with Crippen LogP contribution in [0, 0.1) is 0 Å². The molecule has 0 bridgehead atoms. The van der Waals surface area contributed by atoms with Crippen LogP contribution < -0.4 is 14.8 Å². The standard InChI is InChI=1S/C28H24N2O7/c1-17(31)36-20-8-4-18(5-9-20)26(32)29-19-6-10-21(11-7-19)37-22-12-13-24-25(15-22)28(34)30(27(24)33)16-23-3-2-14-35-23/h4-13,15,23H,2-3,14,16H2,1H3,(H,29,32). The fourth-order valence-corrected chi connectivity index (χ4v) is 4.28. The number of fused-ring (bicyclic) bond motifs is 1. The minimum atomic E-state index is -0.434. The minimum Gasteiger partial charge on any atom is -0.457 e. The van der Waals surface area contributed by atoms with Gasteiger partial charge in [-0.1, -0.05) is 0 Å². The number of hydrogen-bond acceptors (Lipinski definition) is 7. The van der Waals surface area contributed by atoms with Crippen LogP contribution in [-0.4, -0.2) is 47.8 Å². The SMILES string of the molecule is CC(=O)Oc1ccc(C(=O)Nc2ccc(Oc3ccc4c(c3)C(=O)N(CC3CCCO3)C4=O)cc2)cc1. The van der Waals surface area contributed by atoms with E-state index in [1.807, 2.05) is 0 Å². The first-order valence-corrected chi connectivity index (χ1v) is 11.9. The average molecular weight is 501 g/mol. The number of carbonyl (C=O) groups excluding carboxylic acids is 4. The summed E-state index contributed by atoms with van der Waals surface area (Å²) in [6, 6.07) is 17.8. The van der Waals surface area contributed by atoms with E-state index in [4.69, 9.17) is 14.2 Å². The first-order chi connectivity index (χ1) is 17.9. The van der Waals surface area contributed by atoms with Gasteiger partial charge >= 0.3 is 5.97 Å². The summed E-state index contributed by atoms with van der Waals surface area (Å²) >= 11 is 0. The third-order valence-corrected chi connectivity index (χ3v) is 6.08. The van der Waals surface area contributed by atoms with Crippen LogP contribution in [0.4, 0.5) is 5.69 Å².